The lowest BCUT2D eigenvalue weighted by Crippen LogP contribution is -1.74. The standard InChI is InChI=1S/C4H8O.2C2H3N/c1-2-4-5-3-1;2*1-2-3/h1-4H2;2*1H3. The lowest BCUT2D eigenvalue weighted by Gasteiger charge is -1.76. The van der Waals surface area contributed by atoms with Gasteiger partial charge in [0, 0.05) is 27.1 Å². The first-order valence-electron chi connectivity index (χ1n) is 3.52. The average Bonchev–Trinajstić information content (AvgIpc) is 2.44. The first-order valence-corrected chi connectivity index (χ1v) is 3.52. The molecule has 1 fully saturated rings. The highest BCUT2D eigenvalue weighted by Crippen LogP contribution is 1.98. The molecule has 3 nitrogen and oxygen atoms in total. The molecular formula is C8H14N2O. The van der Waals surface area contributed by atoms with Gasteiger partial charge in [0.1, 0.15) is 0 Å². The molecule has 1 aliphatic heterocycles. The third kappa shape index (κ3) is 27.7. The third-order valence-corrected chi connectivity index (χ3v) is 0.827. The number of nitrogens with zero attached hydrogens (tertiary/aromatic N) is 2. The predicted molar refractivity (Wildman–Crippen MR) is 42.6 cm³/mol. The second-order valence-electron chi connectivity index (χ2n) is 1.77. The van der Waals surface area contributed by atoms with E-state index in [-0.39, 0.29) is 0 Å². The van der Waals surface area contributed by atoms with Crippen LogP contribution in [0.25, 0.3) is 0 Å². The van der Waals surface area contributed by atoms with E-state index >= 15 is 0 Å². The summed E-state index contributed by atoms with van der Waals surface area (Å²) in [5.41, 5.74) is 0. The van der Waals surface area contributed by atoms with Crippen molar-refractivity contribution in [3.63, 3.8) is 0 Å². The Bertz CT molecular complexity index is 108. The first-order chi connectivity index (χ1) is 5.33. The fourth-order valence-corrected chi connectivity index (χ4v) is 0.510. The molecule has 0 saturated carbocycles. The van der Waals surface area contributed by atoms with Crippen molar-refractivity contribution >= 4 is 0 Å². The maximum absolute atomic E-state index is 7.32. The molecule has 1 heterocycles. The zero-order valence-corrected chi connectivity index (χ0v) is 7.13. The fourth-order valence-electron chi connectivity index (χ4n) is 0.510. The molecule has 62 valence electrons. The predicted octanol–water partition coefficient (Wildman–Crippen LogP) is 1.86. The summed E-state index contributed by atoms with van der Waals surface area (Å²) in [6.07, 6.45) is 2.56. The smallest absolute Gasteiger partial charge is 0.0587 e. The van der Waals surface area contributed by atoms with Crippen LogP contribution in [0.15, 0.2) is 0 Å². The molecule has 0 N–H and O–H groups in total. The summed E-state index contributed by atoms with van der Waals surface area (Å²) in [6.45, 7) is 4.86. The normalized spacial score (nSPS) is 12.4. The van der Waals surface area contributed by atoms with Crippen LogP contribution in [0.5, 0.6) is 0 Å². The van der Waals surface area contributed by atoms with Crippen LogP contribution in [0.1, 0.15) is 26.7 Å². The van der Waals surface area contributed by atoms with Crippen LogP contribution >= 0.6 is 0 Å². The summed E-state index contributed by atoms with van der Waals surface area (Å²) in [7, 11) is 0. The molecule has 0 amide bonds. The first kappa shape index (κ1) is 12.6. The molecule has 1 saturated heterocycles. The molecule has 0 unspecified atom stereocenters. The Labute approximate surface area is 68.2 Å². The van der Waals surface area contributed by atoms with Crippen LogP contribution in [0.2, 0.25) is 0 Å². The van der Waals surface area contributed by atoms with Crippen LogP contribution in [0.3, 0.4) is 0 Å². The number of rotatable bonds is 0. The van der Waals surface area contributed by atoms with Gasteiger partial charge in [-0.25, -0.2) is 0 Å². The fraction of sp³-hybridized carbons (Fsp3) is 0.750. The van der Waals surface area contributed by atoms with Gasteiger partial charge in [0.2, 0.25) is 0 Å². The summed E-state index contributed by atoms with van der Waals surface area (Å²) >= 11 is 0. The number of hydrogen-bond acceptors (Lipinski definition) is 3. The van der Waals surface area contributed by atoms with Crippen LogP contribution in [-0.2, 0) is 4.74 Å². The van der Waals surface area contributed by atoms with Crippen molar-refractivity contribution in [2.24, 2.45) is 0 Å². The molecule has 3 heteroatoms. The van der Waals surface area contributed by atoms with Crippen LogP contribution in [-0.4, -0.2) is 13.2 Å². The minimum atomic E-state index is 1.00. The molecule has 0 aromatic heterocycles. The Hall–Kier alpha value is -1.06. The molecule has 0 radical (unpaired) electrons. The molecule has 0 aromatic rings. The van der Waals surface area contributed by atoms with E-state index in [1.165, 1.54) is 26.7 Å². The van der Waals surface area contributed by atoms with E-state index < -0.39 is 0 Å². The van der Waals surface area contributed by atoms with Crippen molar-refractivity contribution in [1.29, 1.82) is 10.5 Å². The van der Waals surface area contributed by atoms with Gasteiger partial charge in [-0.3, -0.25) is 0 Å². The van der Waals surface area contributed by atoms with Gasteiger partial charge in [0.25, 0.3) is 0 Å². The summed E-state index contributed by atoms with van der Waals surface area (Å²) in [6, 6.07) is 3.50. The molecule has 0 atom stereocenters. The van der Waals surface area contributed by atoms with Gasteiger partial charge in [0.05, 0.1) is 12.1 Å². The highest BCUT2D eigenvalue weighted by Gasteiger charge is 1.94. The van der Waals surface area contributed by atoms with Crippen LogP contribution in [0.4, 0.5) is 0 Å². The van der Waals surface area contributed by atoms with Crippen molar-refractivity contribution in [2.75, 3.05) is 13.2 Å². The van der Waals surface area contributed by atoms with Gasteiger partial charge in [0.15, 0.2) is 0 Å². The molecule has 0 spiro atoms. The van der Waals surface area contributed by atoms with E-state index in [2.05, 4.69) is 0 Å². The minimum absolute atomic E-state index is 1.00. The van der Waals surface area contributed by atoms with Crippen molar-refractivity contribution < 1.29 is 4.74 Å². The van der Waals surface area contributed by atoms with E-state index in [1.54, 1.807) is 12.1 Å². The van der Waals surface area contributed by atoms with E-state index in [0.717, 1.165) is 13.2 Å². The Morgan fingerprint density at radius 2 is 1.27 bits per heavy atom. The van der Waals surface area contributed by atoms with Crippen LogP contribution < -0.4 is 0 Å². The van der Waals surface area contributed by atoms with E-state index in [0.29, 0.717) is 0 Å². The van der Waals surface area contributed by atoms with Crippen molar-refractivity contribution in [2.45, 2.75) is 26.7 Å². The second-order valence-corrected chi connectivity index (χ2v) is 1.77. The second kappa shape index (κ2) is 16.0. The minimum Gasteiger partial charge on any atom is -0.381 e. The monoisotopic (exact) mass is 154 g/mol. The Balaban J connectivity index is 0. The van der Waals surface area contributed by atoms with Gasteiger partial charge in [-0.05, 0) is 12.8 Å². The molecule has 0 aromatic carbocycles. The summed E-state index contributed by atoms with van der Waals surface area (Å²) < 4.78 is 4.94. The topological polar surface area (TPSA) is 56.8 Å². The molecule has 0 aliphatic carbocycles. The largest absolute Gasteiger partial charge is 0.381 e. The number of nitriles is 2. The zero-order valence-electron chi connectivity index (χ0n) is 7.13. The molecule has 11 heavy (non-hydrogen) atoms. The van der Waals surface area contributed by atoms with Gasteiger partial charge in [-0.1, -0.05) is 0 Å². The number of hydrogen-bond donors (Lipinski definition) is 0. The highest BCUT2D eigenvalue weighted by atomic mass is 16.5. The molecule has 1 rings (SSSR count). The van der Waals surface area contributed by atoms with Gasteiger partial charge < -0.3 is 4.74 Å². The highest BCUT2D eigenvalue weighted by molar-refractivity contribution is 4.51. The van der Waals surface area contributed by atoms with Crippen LogP contribution in [0, 0.1) is 22.7 Å². The Kier molecular flexibility index (Phi) is 18.3. The summed E-state index contributed by atoms with van der Waals surface area (Å²) in [5.74, 6) is 0. The maximum Gasteiger partial charge on any atom is 0.0587 e. The zero-order chi connectivity index (χ0) is 8.95. The van der Waals surface area contributed by atoms with Gasteiger partial charge in [-0.15, -0.1) is 0 Å². The third-order valence-electron chi connectivity index (χ3n) is 0.827. The van der Waals surface area contributed by atoms with Gasteiger partial charge in [-0.2, -0.15) is 10.5 Å². The molecule has 1 aliphatic rings. The van der Waals surface area contributed by atoms with Gasteiger partial charge >= 0.3 is 0 Å². The summed E-state index contributed by atoms with van der Waals surface area (Å²) in [4.78, 5) is 0. The number of ether oxygens (including phenoxy) is 1. The van der Waals surface area contributed by atoms with Crippen molar-refractivity contribution in [3.8, 4) is 12.1 Å². The Morgan fingerprint density at radius 3 is 1.36 bits per heavy atom. The summed E-state index contributed by atoms with van der Waals surface area (Å²) in [5, 5.41) is 14.6. The van der Waals surface area contributed by atoms with E-state index in [1.807, 2.05) is 0 Å². The Morgan fingerprint density at radius 1 is 1.00 bits per heavy atom. The molecular weight excluding hydrogens is 140 g/mol. The lowest BCUT2D eigenvalue weighted by atomic mass is 10.4. The van der Waals surface area contributed by atoms with Crippen molar-refractivity contribution in [1.82, 2.24) is 0 Å². The molecule has 0 bridgehead atoms. The average molecular weight is 154 g/mol. The van der Waals surface area contributed by atoms with E-state index in [4.69, 9.17) is 15.3 Å². The van der Waals surface area contributed by atoms with Crippen molar-refractivity contribution in [3.05, 3.63) is 0 Å². The SMILES string of the molecule is C1CCOC1.CC#N.CC#N. The van der Waals surface area contributed by atoms with E-state index in [9.17, 15) is 0 Å². The maximum atomic E-state index is 7.32. The lowest BCUT2D eigenvalue weighted by molar-refractivity contribution is 0.198. The quantitative estimate of drug-likeness (QED) is 0.535.